The Hall–Kier alpha value is -2.54. The number of nitrogens with two attached hydrogens (primary N) is 2. The number of nitrogens with one attached hydrogen (secondary N) is 1. The third kappa shape index (κ3) is 3.35. The van der Waals surface area contributed by atoms with Gasteiger partial charge in [-0.15, -0.1) is 0 Å². The highest BCUT2D eigenvalue weighted by Gasteiger charge is 2.18. The van der Waals surface area contributed by atoms with E-state index in [1.165, 1.54) is 17.9 Å². The summed E-state index contributed by atoms with van der Waals surface area (Å²) in [4.78, 5) is 8.78. The van der Waals surface area contributed by atoms with Crippen LogP contribution in [0.15, 0.2) is 24.4 Å². The number of hydrogen-bond acceptors (Lipinski definition) is 7. The lowest BCUT2D eigenvalue weighted by Gasteiger charge is -2.21. The number of nitrogen functional groups attached to an aromatic ring is 1. The second-order valence-corrected chi connectivity index (χ2v) is 6.12. The van der Waals surface area contributed by atoms with Gasteiger partial charge in [0.1, 0.15) is 5.75 Å². The normalized spacial score (nSPS) is 14.6. The zero-order valence-electron chi connectivity index (χ0n) is 14.1. The molecule has 24 heavy (non-hydrogen) atoms. The van der Waals surface area contributed by atoms with E-state index in [9.17, 15) is 0 Å². The van der Waals surface area contributed by atoms with Gasteiger partial charge in [0.15, 0.2) is 5.82 Å². The molecule has 1 fully saturated rings. The summed E-state index contributed by atoms with van der Waals surface area (Å²) in [6.07, 6.45) is 6.37. The lowest BCUT2D eigenvalue weighted by Crippen LogP contribution is -2.28. The molecule has 1 aromatic carbocycles. The summed E-state index contributed by atoms with van der Waals surface area (Å²) in [5.41, 5.74) is 8.24. The Bertz CT molecular complexity index is 714. The number of aryl methyl sites for hydroxylation is 1. The summed E-state index contributed by atoms with van der Waals surface area (Å²) in [6.45, 7) is 1.96. The predicted octanol–water partition coefficient (Wildman–Crippen LogP) is 2.74. The van der Waals surface area contributed by atoms with Crippen LogP contribution in [0.25, 0.3) is 0 Å². The standard InChI is InChI=1S/C17H24N6O/c1-11-9-13(7-8-15(11)24-2)23(19)16-14(18)10-20-17(22-16)21-12-5-3-4-6-12/h7-10,12H,3-6,18-19H2,1-2H3,(H,20,21,22). The molecule has 0 bridgehead atoms. The predicted molar refractivity (Wildman–Crippen MR) is 96.4 cm³/mol. The number of hydrogen-bond donors (Lipinski definition) is 3. The molecule has 1 aliphatic carbocycles. The fraction of sp³-hybridized carbons (Fsp3) is 0.412. The number of nitrogens with zero attached hydrogens (tertiary/aromatic N) is 3. The molecule has 7 nitrogen and oxygen atoms in total. The zero-order chi connectivity index (χ0) is 17.1. The van der Waals surface area contributed by atoms with Crippen molar-refractivity contribution < 1.29 is 4.74 Å². The van der Waals surface area contributed by atoms with Gasteiger partial charge in [0.25, 0.3) is 0 Å². The molecule has 7 heteroatoms. The quantitative estimate of drug-likeness (QED) is 0.573. The van der Waals surface area contributed by atoms with E-state index in [-0.39, 0.29) is 0 Å². The largest absolute Gasteiger partial charge is 0.496 e. The number of anilines is 4. The minimum absolute atomic E-state index is 0.427. The summed E-state index contributed by atoms with van der Waals surface area (Å²) >= 11 is 0. The van der Waals surface area contributed by atoms with Gasteiger partial charge >= 0.3 is 0 Å². The molecule has 1 aromatic heterocycles. The van der Waals surface area contributed by atoms with Gasteiger partial charge in [-0.3, -0.25) is 5.01 Å². The van der Waals surface area contributed by atoms with Crippen LogP contribution in [0.5, 0.6) is 5.75 Å². The highest BCUT2D eigenvalue weighted by molar-refractivity contribution is 5.71. The third-order valence-electron chi connectivity index (χ3n) is 4.37. The molecule has 2 aromatic rings. The van der Waals surface area contributed by atoms with Crippen LogP contribution in [0, 0.1) is 6.92 Å². The fourth-order valence-electron chi connectivity index (χ4n) is 3.03. The van der Waals surface area contributed by atoms with Gasteiger partial charge in [0, 0.05) is 6.04 Å². The minimum atomic E-state index is 0.427. The number of benzene rings is 1. The summed E-state index contributed by atoms with van der Waals surface area (Å²) in [5.74, 6) is 8.10. The number of ether oxygens (including phenoxy) is 1. The number of rotatable bonds is 5. The monoisotopic (exact) mass is 328 g/mol. The van der Waals surface area contributed by atoms with E-state index in [1.54, 1.807) is 13.3 Å². The van der Waals surface area contributed by atoms with Crippen molar-refractivity contribution in [3.8, 4) is 5.75 Å². The maximum Gasteiger partial charge on any atom is 0.225 e. The maximum absolute atomic E-state index is 6.25. The summed E-state index contributed by atoms with van der Waals surface area (Å²) in [7, 11) is 1.64. The van der Waals surface area contributed by atoms with Crippen LogP contribution in [-0.2, 0) is 0 Å². The summed E-state index contributed by atoms with van der Waals surface area (Å²) in [6, 6.07) is 6.11. The Kier molecular flexibility index (Phi) is 4.71. The molecule has 3 rings (SSSR count). The molecule has 0 radical (unpaired) electrons. The lowest BCUT2D eigenvalue weighted by molar-refractivity contribution is 0.411. The molecular weight excluding hydrogens is 304 g/mol. The van der Waals surface area contributed by atoms with Gasteiger partial charge in [-0.1, -0.05) is 12.8 Å². The average Bonchev–Trinajstić information content (AvgIpc) is 3.09. The van der Waals surface area contributed by atoms with Crippen molar-refractivity contribution in [2.45, 2.75) is 38.6 Å². The lowest BCUT2D eigenvalue weighted by atomic mass is 10.2. The Morgan fingerprint density at radius 2 is 2.04 bits per heavy atom. The van der Waals surface area contributed by atoms with Crippen LogP contribution < -0.4 is 26.6 Å². The van der Waals surface area contributed by atoms with Gasteiger partial charge in [-0.2, -0.15) is 4.98 Å². The topological polar surface area (TPSA) is 102 Å². The first-order chi connectivity index (χ1) is 11.6. The van der Waals surface area contributed by atoms with Crippen LogP contribution in [-0.4, -0.2) is 23.1 Å². The second-order valence-electron chi connectivity index (χ2n) is 6.12. The van der Waals surface area contributed by atoms with Crippen molar-refractivity contribution in [3.05, 3.63) is 30.0 Å². The first-order valence-corrected chi connectivity index (χ1v) is 8.17. The van der Waals surface area contributed by atoms with Crippen molar-refractivity contribution in [3.63, 3.8) is 0 Å². The molecular formula is C17H24N6O. The van der Waals surface area contributed by atoms with Crippen molar-refractivity contribution in [2.24, 2.45) is 5.84 Å². The molecule has 1 heterocycles. The van der Waals surface area contributed by atoms with Crippen LogP contribution in [0.4, 0.5) is 23.1 Å². The summed E-state index contributed by atoms with van der Waals surface area (Å²) < 4.78 is 5.28. The van der Waals surface area contributed by atoms with E-state index in [2.05, 4.69) is 15.3 Å². The van der Waals surface area contributed by atoms with Crippen molar-refractivity contribution >= 4 is 23.1 Å². The van der Waals surface area contributed by atoms with Crippen LogP contribution in [0.1, 0.15) is 31.2 Å². The van der Waals surface area contributed by atoms with E-state index < -0.39 is 0 Å². The summed E-state index contributed by atoms with van der Waals surface area (Å²) in [5, 5.41) is 4.84. The molecule has 1 aliphatic rings. The van der Waals surface area contributed by atoms with E-state index in [0.29, 0.717) is 23.5 Å². The molecule has 0 amide bonds. The molecule has 0 spiro atoms. The third-order valence-corrected chi connectivity index (χ3v) is 4.37. The molecule has 0 aliphatic heterocycles. The van der Waals surface area contributed by atoms with E-state index in [4.69, 9.17) is 16.3 Å². The molecule has 0 atom stereocenters. The van der Waals surface area contributed by atoms with E-state index >= 15 is 0 Å². The Morgan fingerprint density at radius 3 is 2.71 bits per heavy atom. The van der Waals surface area contributed by atoms with E-state index in [1.807, 2.05) is 25.1 Å². The van der Waals surface area contributed by atoms with Crippen molar-refractivity contribution in [1.82, 2.24) is 9.97 Å². The highest BCUT2D eigenvalue weighted by atomic mass is 16.5. The fourth-order valence-corrected chi connectivity index (χ4v) is 3.03. The molecule has 1 saturated carbocycles. The maximum atomic E-state index is 6.25. The van der Waals surface area contributed by atoms with E-state index in [0.717, 1.165) is 29.8 Å². The Morgan fingerprint density at radius 1 is 1.29 bits per heavy atom. The van der Waals surface area contributed by atoms with Gasteiger partial charge in [0.05, 0.1) is 24.7 Å². The molecule has 0 unspecified atom stereocenters. The molecule has 128 valence electrons. The van der Waals surface area contributed by atoms with Crippen molar-refractivity contribution in [2.75, 3.05) is 23.2 Å². The Balaban J connectivity index is 1.85. The van der Waals surface area contributed by atoms with Crippen molar-refractivity contribution in [1.29, 1.82) is 0 Å². The van der Waals surface area contributed by atoms with Crippen LogP contribution in [0.2, 0.25) is 0 Å². The average molecular weight is 328 g/mol. The minimum Gasteiger partial charge on any atom is -0.496 e. The van der Waals surface area contributed by atoms with Gasteiger partial charge in [0.2, 0.25) is 5.95 Å². The van der Waals surface area contributed by atoms with Gasteiger partial charge in [-0.05, 0) is 43.5 Å². The van der Waals surface area contributed by atoms with Crippen LogP contribution >= 0.6 is 0 Å². The number of aromatic nitrogens is 2. The Labute approximate surface area is 142 Å². The molecule has 0 saturated heterocycles. The first kappa shape index (κ1) is 16.3. The first-order valence-electron chi connectivity index (χ1n) is 8.17. The van der Waals surface area contributed by atoms with Gasteiger partial charge in [-0.25, -0.2) is 10.8 Å². The second kappa shape index (κ2) is 6.92. The number of hydrazine groups is 1. The SMILES string of the molecule is COc1ccc(N(N)c2nc(NC3CCCC3)ncc2N)cc1C. The number of methoxy groups -OCH3 is 1. The van der Waals surface area contributed by atoms with Gasteiger partial charge < -0.3 is 15.8 Å². The van der Waals surface area contributed by atoms with Crippen LogP contribution in [0.3, 0.4) is 0 Å². The smallest absolute Gasteiger partial charge is 0.225 e. The zero-order valence-corrected chi connectivity index (χ0v) is 14.1. The molecule has 5 N–H and O–H groups in total. The highest BCUT2D eigenvalue weighted by Crippen LogP contribution is 2.30.